The van der Waals surface area contributed by atoms with Gasteiger partial charge in [-0.25, -0.2) is 18.2 Å². The minimum atomic E-state index is -4.62. The summed E-state index contributed by atoms with van der Waals surface area (Å²) in [5, 5.41) is 8.66. The van der Waals surface area contributed by atoms with Crippen molar-refractivity contribution < 1.29 is 21.6 Å². The van der Waals surface area contributed by atoms with Crippen LogP contribution in [0.15, 0.2) is 65.6 Å². The number of nitrogens with two attached hydrogens (primary N) is 1. The average Bonchev–Trinajstić information content (AvgIpc) is 3.05. The Morgan fingerprint density at radius 2 is 1.67 bits per heavy atom. The van der Waals surface area contributed by atoms with Crippen LogP contribution in [0.25, 0.3) is 5.69 Å². The van der Waals surface area contributed by atoms with Crippen molar-refractivity contribution in [3.63, 3.8) is 0 Å². The molecule has 0 radical (unpaired) electrons. The average molecular weight is 391 g/mol. The Morgan fingerprint density at radius 1 is 0.963 bits per heavy atom. The van der Waals surface area contributed by atoms with Gasteiger partial charge in [0.05, 0.1) is 10.6 Å². The molecule has 0 bridgehead atoms. The highest BCUT2D eigenvalue weighted by Gasteiger charge is 2.35. The number of alkyl halides is 3. The van der Waals surface area contributed by atoms with Gasteiger partial charge in [-0.2, -0.15) is 18.3 Å². The third-order valence-corrected chi connectivity index (χ3v) is 4.41. The molecule has 1 heterocycles. The molecule has 0 aliphatic carbocycles. The normalized spacial score (nSPS) is 11.7. The Hall–Kier alpha value is -3.09. The van der Waals surface area contributed by atoms with Gasteiger partial charge in [0, 0.05) is 11.6 Å². The Kier molecular flexibility index (Phi) is 4.78. The maximum atomic E-state index is 13.0. The SMILES string of the molecule is NS(=O)(=O)c1cccc(C#Cc2cc(C(F)(F)F)nn2-c2ccccc2)c1. The molecule has 138 valence electrons. The molecule has 5 nitrogen and oxygen atoms in total. The number of hydrogen-bond acceptors (Lipinski definition) is 3. The van der Waals surface area contributed by atoms with Crippen LogP contribution in [0.1, 0.15) is 17.0 Å². The summed E-state index contributed by atoms with van der Waals surface area (Å²) < 4.78 is 63.0. The predicted octanol–water partition coefficient (Wildman–Crippen LogP) is 2.94. The number of hydrogen-bond donors (Lipinski definition) is 1. The quantitative estimate of drug-likeness (QED) is 0.683. The van der Waals surface area contributed by atoms with Crippen LogP contribution in [-0.2, 0) is 16.2 Å². The summed E-state index contributed by atoms with van der Waals surface area (Å²) in [6, 6.07) is 14.6. The van der Waals surface area contributed by atoms with E-state index in [-0.39, 0.29) is 16.2 Å². The van der Waals surface area contributed by atoms with Gasteiger partial charge in [-0.05, 0) is 36.3 Å². The van der Waals surface area contributed by atoms with Crippen LogP contribution in [0.5, 0.6) is 0 Å². The van der Waals surface area contributed by atoms with Crippen molar-refractivity contribution in [2.24, 2.45) is 5.14 Å². The second-order valence-electron chi connectivity index (χ2n) is 5.48. The molecule has 0 unspecified atom stereocenters. The van der Waals surface area contributed by atoms with E-state index in [1.165, 1.54) is 24.3 Å². The van der Waals surface area contributed by atoms with Crippen LogP contribution >= 0.6 is 0 Å². The minimum Gasteiger partial charge on any atom is -0.225 e. The standard InChI is InChI=1S/C18H12F3N3O2S/c19-18(20,21)17-12-15(24(23-17)14-6-2-1-3-7-14)10-9-13-5-4-8-16(11-13)27(22,25)26/h1-8,11-12H,(H2,22,25,26). The van der Waals surface area contributed by atoms with E-state index in [0.717, 1.165) is 10.7 Å². The van der Waals surface area contributed by atoms with Crippen LogP contribution in [0, 0.1) is 11.8 Å². The van der Waals surface area contributed by atoms with Crippen molar-refractivity contribution in [1.29, 1.82) is 0 Å². The molecule has 0 aliphatic heterocycles. The molecule has 2 N–H and O–H groups in total. The molecule has 1 aromatic heterocycles. The third kappa shape index (κ3) is 4.36. The zero-order valence-corrected chi connectivity index (χ0v) is 14.4. The molecule has 3 rings (SSSR count). The first-order valence-electron chi connectivity index (χ1n) is 7.52. The van der Waals surface area contributed by atoms with E-state index in [1.807, 2.05) is 0 Å². The van der Waals surface area contributed by atoms with Gasteiger partial charge in [-0.15, -0.1) is 0 Å². The van der Waals surface area contributed by atoms with Crippen LogP contribution in [0.3, 0.4) is 0 Å². The fourth-order valence-corrected chi connectivity index (χ4v) is 2.82. The summed E-state index contributed by atoms with van der Waals surface area (Å²) in [7, 11) is -3.91. The van der Waals surface area contributed by atoms with Crippen molar-refractivity contribution >= 4 is 10.0 Å². The Balaban J connectivity index is 2.08. The number of sulfonamides is 1. The van der Waals surface area contributed by atoms with E-state index in [9.17, 15) is 21.6 Å². The van der Waals surface area contributed by atoms with Crippen molar-refractivity contribution in [1.82, 2.24) is 9.78 Å². The summed E-state index contributed by atoms with van der Waals surface area (Å²) in [6.07, 6.45) is -4.62. The molecule has 27 heavy (non-hydrogen) atoms. The molecule has 9 heteroatoms. The highest BCUT2D eigenvalue weighted by atomic mass is 32.2. The van der Waals surface area contributed by atoms with Gasteiger partial charge in [0.1, 0.15) is 5.69 Å². The highest BCUT2D eigenvalue weighted by Crippen LogP contribution is 2.29. The molecule has 0 saturated heterocycles. The lowest BCUT2D eigenvalue weighted by molar-refractivity contribution is -0.141. The largest absolute Gasteiger partial charge is 0.435 e. The summed E-state index contributed by atoms with van der Waals surface area (Å²) in [5.41, 5.74) is -0.366. The number of para-hydroxylation sites is 1. The topological polar surface area (TPSA) is 78.0 Å². The van der Waals surface area contributed by atoms with Gasteiger partial charge in [0.25, 0.3) is 0 Å². The predicted molar refractivity (Wildman–Crippen MR) is 92.4 cm³/mol. The van der Waals surface area contributed by atoms with Gasteiger partial charge >= 0.3 is 6.18 Å². The van der Waals surface area contributed by atoms with E-state index in [0.29, 0.717) is 5.69 Å². The maximum Gasteiger partial charge on any atom is 0.435 e. The lowest BCUT2D eigenvalue weighted by atomic mass is 10.2. The second kappa shape index (κ2) is 6.90. The van der Waals surface area contributed by atoms with Crippen LogP contribution in [0.4, 0.5) is 13.2 Å². The third-order valence-electron chi connectivity index (χ3n) is 3.50. The zero-order valence-electron chi connectivity index (χ0n) is 13.6. The van der Waals surface area contributed by atoms with Crippen LogP contribution in [0.2, 0.25) is 0 Å². The maximum absolute atomic E-state index is 13.0. The van der Waals surface area contributed by atoms with Crippen molar-refractivity contribution in [2.75, 3.05) is 0 Å². The van der Waals surface area contributed by atoms with Gasteiger partial charge in [-0.1, -0.05) is 30.2 Å². The number of rotatable bonds is 2. The Morgan fingerprint density at radius 3 is 2.30 bits per heavy atom. The minimum absolute atomic E-state index is 0.00883. The molecule has 0 aliphatic rings. The van der Waals surface area contributed by atoms with Crippen LogP contribution < -0.4 is 5.14 Å². The summed E-state index contributed by atoms with van der Waals surface area (Å²) in [4.78, 5) is -0.137. The van der Waals surface area contributed by atoms with E-state index in [1.54, 1.807) is 30.3 Å². The lowest BCUT2D eigenvalue weighted by Gasteiger charge is -2.03. The lowest BCUT2D eigenvalue weighted by Crippen LogP contribution is -2.12. The van der Waals surface area contributed by atoms with Crippen molar-refractivity contribution in [3.05, 3.63) is 77.6 Å². The zero-order chi connectivity index (χ0) is 19.7. The van der Waals surface area contributed by atoms with Gasteiger partial charge in [0.15, 0.2) is 5.69 Å². The Bertz CT molecular complexity index is 1140. The molecular formula is C18H12F3N3O2S. The Labute approximate surface area is 153 Å². The van der Waals surface area contributed by atoms with Gasteiger partial charge in [-0.3, -0.25) is 0 Å². The number of halogens is 3. The van der Waals surface area contributed by atoms with Gasteiger partial charge in [0.2, 0.25) is 10.0 Å². The van der Waals surface area contributed by atoms with E-state index >= 15 is 0 Å². The molecule has 3 aromatic rings. The number of aromatic nitrogens is 2. The fourth-order valence-electron chi connectivity index (χ4n) is 2.26. The molecule has 0 fully saturated rings. The molecule has 2 aromatic carbocycles. The molecule has 0 amide bonds. The first-order valence-corrected chi connectivity index (χ1v) is 9.07. The second-order valence-corrected chi connectivity index (χ2v) is 7.04. The smallest absolute Gasteiger partial charge is 0.225 e. The first-order chi connectivity index (χ1) is 12.6. The number of primary sulfonamides is 1. The summed E-state index contributed by atoms with van der Waals surface area (Å²) in [5.74, 6) is 5.26. The van der Waals surface area contributed by atoms with E-state index in [4.69, 9.17) is 5.14 Å². The molecule has 0 saturated carbocycles. The summed E-state index contributed by atoms with van der Waals surface area (Å²) in [6.45, 7) is 0. The van der Waals surface area contributed by atoms with Crippen molar-refractivity contribution in [2.45, 2.75) is 11.1 Å². The van der Waals surface area contributed by atoms with E-state index in [2.05, 4.69) is 16.9 Å². The monoisotopic (exact) mass is 391 g/mol. The van der Waals surface area contributed by atoms with Crippen molar-refractivity contribution in [3.8, 4) is 17.5 Å². The fraction of sp³-hybridized carbons (Fsp3) is 0.0556. The molecule has 0 spiro atoms. The number of benzene rings is 2. The van der Waals surface area contributed by atoms with E-state index < -0.39 is 21.9 Å². The summed E-state index contributed by atoms with van der Waals surface area (Å²) >= 11 is 0. The van der Waals surface area contributed by atoms with Gasteiger partial charge < -0.3 is 0 Å². The first kappa shape index (κ1) is 18.7. The molecule has 0 atom stereocenters. The highest BCUT2D eigenvalue weighted by molar-refractivity contribution is 7.89. The number of nitrogens with zero attached hydrogens (tertiary/aromatic N) is 2. The van der Waals surface area contributed by atoms with Crippen LogP contribution in [-0.4, -0.2) is 18.2 Å². The molecular weight excluding hydrogens is 379 g/mol.